The molecule has 2 aromatic rings. The Morgan fingerprint density at radius 2 is 1.70 bits per heavy atom. The molecule has 0 fully saturated rings. The zero-order valence-electron chi connectivity index (χ0n) is 10.6. The van der Waals surface area contributed by atoms with Crippen LogP contribution in [0.25, 0.3) is 0 Å². The highest BCUT2D eigenvalue weighted by Crippen LogP contribution is 2.35. The summed E-state index contributed by atoms with van der Waals surface area (Å²) in [5.41, 5.74) is -0.167. The first-order valence-electron chi connectivity index (χ1n) is 5.99. The van der Waals surface area contributed by atoms with Crippen LogP contribution in [0, 0.1) is 35.3 Å². The van der Waals surface area contributed by atoms with Crippen LogP contribution in [0.1, 0.15) is 17.5 Å². The molecule has 0 saturated heterocycles. The lowest BCUT2D eigenvalue weighted by Crippen LogP contribution is -2.25. The Hall–Kier alpha value is -2.65. The summed E-state index contributed by atoms with van der Waals surface area (Å²) >= 11 is 0. The van der Waals surface area contributed by atoms with Crippen LogP contribution >= 0.6 is 0 Å². The van der Waals surface area contributed by atoms with Gasteiger partial charge in [0.25, 0.3) is 0 Å². The van der Waals surface area contributed by atoms with Gasteiger partial charge < -0.3 is 0 Å². The van der Waals surface area contributed by atoms with Gasteiger partial charge in [0, 0.05) is 6.42 Å². The second-order valence-corrected chi connectivity index (χ2v) is 4.42. The molecule has 0 aliphatic rings. The van der Waals surface area contributed by atoms with Gasteiger partial charge in [-0.1, -0.05) is 24.3 Å². The van der Waals surface area contributed by atoms with Crippen LogP contribution in [0.4, 0.5) is 8.78 Å². The average molecular weight is 267 g/mol. The third kappa shape index (κ3) is 2.39. The molecule has 0 amide bonds. The molecule has 0 saturated carbocycles. The summed E-state index contributed by atoms with van der Waals surface area (Å²) in [6.07, 6.45) is 5.45. The van der Waals surface area contributed by atoms with E-state index in [2.05, 4.69) is 12.0 Å². The van der Waals surface area contributed by atoms with Gasteiger partial charge in [-0.2, -0.15) is 5.26 Å². The van der Waals surface area contributed by atoms with Gasteiger partial charge in [0.05, 0.1) is 6.07 Å². The zero-order chi connectivity index (χ0) is 14.6. The van der Waals surface area contributed by atoms with Gasteiger partial charge in [0.2, 0.25) is 0 Å². The van der Waals surface area contributed by atoms with Crippen LogP contribution in [0.2, 0.25) is 0 Å². The van der Waals surface area contributed by atoms with Gasteiger partial charge in [0.15, 0.2) is 0 Å². The van der Waals surface area contributed by atoms with Crippen LogP contribution in [-0.2, 0) is 5.41 Å². The van der Waals surface area contributed by atoms with E-state index in [0.29, 0.717) is 11.1 Å². The molecule has 1 nitrogen and oxygen atoms in total. The van der Waals surface area contributed by atoms with Gasteiger partial charge in [-0.15, -0.1) is 12.3 Å². The Morgan fingerprint density at radius 3 is 2.25 bits per heavy atom. The maximum atomic E-state index is 13.4. The molecule has 3 heteroatoms. The van der Waals surface area contributed by atoms with Gasteiger partial charge in [0.1, 0.15) is 17.0 Å². The number of hydrogen-bond acceptors (Lipinski definition) is 1. The smallest absolute Gasteiger partial charge is 0.123 e. The van der Waals surface area contributed by atoms with Crippen molar-refractivity contribution in [2.45, 2.75) is 11.8 Å². The summed E-state index contributed by atoms with van der Waals surface area (Å²) in [6, 6.07) is 13.4. The van der Waals surface area contributed by atoms with Gasteiger partial charge >= 0.3 is 0 Å². The third-order valence-electron chi connectivity index (χ3n) is 3.21. The Bertz CT molecular complexity index is 692. The normalized spacial score (nSPS) is 13.0. The van der Waals surface area contributed by atoms with Crippen LogP contribution in [0.5, 0.6) is 0 Å². The van der Waals surface area contributed by atoms with Crippen LogP contribution in [-0.4, -0.2) is 0 Å². The molecule has 0 heterocycles. The fraction of sp³-hybridized carbons (Fsp3) is 0.118. The Labute approximate surface area is 116 Å². The van der Waals surface area contributed by atoms with E-state index < -0.39 is 17.0 Å². The van der Waals surface area contributed by atoms with Gasteiger partial charge in [-0.05, 0) is 35.4 Å². The molecule has 1 unspecified atom stereocenters. The lowest BCUT2D eigenvalue weighted by Gasteiger charge is -2.25. The molecule has 0 aliphatic carbocycles. The van der Waals surface area contributed by atoms with E-state index in [0.717, 1.165) is 0 Å². The highest BCUT2D eigenvalue weighted by atomic mass is 19.1. The van der Waals surface area contributed by atoms with Crippen LogP contribution in [0.3, 0.4) is 0 Å². The molecular weight excluding hydrogens is 256 g/mol. The van der Waals surface area contributed by atoms with Gasteiger partial charge in [-0.3, -0.25) is 0 Å². The van der Waals surface area contributed by atoms with Crippen molar-refractivity contribution in [1.82, 2.24) is 0 Å². The largest absolute Gasteiger partial charge is 0.207 e. The molecule has 2 rings (SSSR count). The first kappa shape index (κ1) is 13.8. The van der Waals surface area contributed by atoms with Gasteiger partial charge in [-0.25, -0.2) is 8.78 Å². The minimum Gasteiger partial charge on any atom is -0.207 e. The number of benzene rings is 2. The maximum Gasteiger partial charge on any atom is 0.123 e. The van der Waals surface area contributed by atoms with Crippen molar-refractivity contribution >= 4 is 0 Å². The standard InChI is InChI=1S/C17H11F2N/c1-2-10-17(12-20,13-6-8-15(18)9-7-13)14-4-3-5-16(19)11-14/h1,3-9,11H,10H2. The molecule has 20 heavy (non-hydrogen) atoms. The third-order valence-corrected chi connectivity index (χ3v) is 3.21. The molecule has 0 aliphatic heterocycles. The number of hydrogen-bond donors (Lipinski definition) is 0. The highest BCUT2D eigenvalue weighted by Gasteiger charge is 2.34. The van der Waals surface area contributed by atoms with Crippen molar-refractivity contribution in [3.63, 3.8) is 0 Å². The number of terminal acetylenes is 1. The second kappa shape index (κ2) is 5.55. The minimum atomic E-state index is -1.18. The second-order valence-electron chi connectivity index (χ2n) is 4.42. The number of rotatable bonds is 3. The average Bonchev–Trinajstić information content (AvgIpc) is 2.46. The van der Waals surface area contributed by atoms with Crippen molar-refractivity contribution in [3.8, 4) is 18.4 Å². The summed E-state index contributed by atoms with van der Waals surface area (Å²) < 4.78 is 26.5. The molecule has 0 bridgehead atoms. The Morgan fingerprint density at radius 1 is 1.00 bits per heavy atom. The van der Waals surface area contributed by atoms with E-state index in [9.17, 15) is 14.0 Å². The lowest BCUT2D eigenvalue weighted by atomic mass is 9.73. The summed E-state index contributed by atoms with van der Waals surface area (Å²) in [5, 5.41) is 9.61. The molecule has 98 valence electrons. The lowest BCUT2D eigenvalue weighted by molar-refractivity contribution is 0.608. The Kier molecular flexibility index (Phi) is 3.82. The van der Waals surface area contributed by atoms with Crippen molar-refractivity contribution in [2.75, 3.05) is 0 Å². The van der Waals surface area contributed by atoms with E-state index in [1.54, 1.807) is 6.07 Å². The monoisotopic (exact) mass is 267 g/mol. The van der Waals surface area contributed by atoms with E-state index in [-0.39, 0.29) is 6.42 Å². The quantitative estimate of drug-likeness (QED) is 0.776. The summed E-state index contributed by atoms with van der Waals surface area (Å²) in [7, 11) is 0. The first-order valence-corrected chi connectivity index (χ1v) is 5.99. The van der Waals surface area contributed by atoms with E-state index in [4.69, 9.17) is 6.42 Å². The highest BCUT2D eigenvalue weighted by molar-refractivity contribution is 5.47. The summed E-state index contributed by atoms with van der Waals surface area (Å²) in [4.78, 5) is 0. The molecule has 2 aromatic carbocycles. The summed E-state index contributed by atoms with van der Waals surface area (Å²) in [6.45, 7) is 0. The zero-order valence-corrected chi connectivity index (χ0v) is 10.6. The number of halogens is 2. The van der Waals surface area contributed by atoms with E-state index >= 15 is 0 Å². The topological polar surface area (TPSA) is 23.8 Å². The van der Waals surface area contributed by atoms with Crippen molar-refractivity contribution in [2.24, 2.45) is 0 Å². The van der Waals surface area contributed by atoms with Crippen molar-refractivity contribution in [3.05, 3.63) is 71.3 Å². The maximum absolute atomic E-state index is 13.4. The van der Waals surface area contributed by atoms with E-state index in [1.165, 1.54) is 42.5 Å². The molecule has 0 N–H and O–H groups in total. The molecular formula is C17H11F2N. The molecule has 1 atom stereocenters. The number of nitrogens with zero attached hydrogens (tertiary/aromatic N) is 1. The fourth-order valence-electron chi connectivity index (χ4n) is 2.18. The van der Waals surface area contributed by atoms with Crippen molar-refractivity contribution in [1.29, 1.82) is 5.26 Å². The predicted octanol–water partition coefficient (Wildman–Crippen LogP) is 3.80. The summed E-state index contributed by atoms with van der Waals surface area (Å²) in [5.74, 6) is 1.61. The van der Waals surface area contributed by atoms with Crippen molar-refractivity contribution < 1.29 is 8.78 Å². The minimum absolute atomic E-state index is 0.0819. The predicted molar refractivity (Wildman–Crippen MR) is 72.6 cm³/mol. The first-order chi connectivity index (χ1) is 9.62. The molecule has 0 aromatic heterocycles. The van der Waals surface area contributed by atoms with Crippen LogP contribution in [0.15, 0.2) is 48.5 Å². The fourth-order valence-corrected chi connectivity index (χ4v) is 2.18. The molecule has 0 radical (unpaired) electrons. The molecule has 0 spiro atoms. The Balaban J connectivity index is 2.65. The van der Waals surface area contributed by atoms with E-state index in [1.807, 2.05) is 0 Å². The van der Waals surface area contributed by atoms with Crippen LogP contribution < -0.4 is 0 Å². The SMILES string of the molecule is C#CCC(C#N)(c1ccc(F)cc1)c1cccc(F)c1. The number of nitriles is 1.